The van der Waals surface area contributed by atoms with E-state index in [-0.39, 0.29) is 0 Å². The zero-order valence-electron chi connectivity index (χ0n) is 8.93. The number of hydrogen-bond donors (Lipinski definition) is 0. The molecule has 3 rings (SSSR count). The van der Waals surface area contributed by atoms with Gasteiger partial charge in [0.2, 0.25) is 0 Å². The molecule has 2 nitrogen and oxygen atoms in total. The van der Waals surface area contributed by atoms with Crippen molar-refractivity contribution < 1.29 is 0 Å². The summed E-state index contributed by atoms with van der Waals surface area (Å²) in [6.45, 7) is 0. The average Bonchev–Trinajstić information content (AvgIpc) is 2.82. The fourth-order valence-corrected chi connectivity index (χ4v) is 2.76. The predicted octanol–water partition coefficient (Wildman–Crippen LogP) is 4.10. The first-order chi connectivity index (χ1) is 8.36. The Balaban J connectivity index is 2.07. The monoisotopic (exact) mass is 260 g/mol. The summed E-state index contributed by atoms with van der Waals surface area (Å²) in [7, 11) is 0. The molecule has 0 saturated heterocycles. The van der Waals surface area contributed by atoms with Gasteiger partial charge in [0, 0.05) is 17.6 Å². The number of hydrogen-bond acceptors (Lipinski definition) is 3. The van der Waals surface area contributed by atoms with Crippen LogP contribution in [0.3, 0.4) is 0 Å². The molecule has 0 spiro atoms. The summed E-state index contributed by atoms with van der Waals surface area (Å²) in [6, 6.07) is 10.2. The Kier molecular flexibility index (Phi) is 2.79. The molecule has 0 unspecified atom stereocenters. The van der Waals surface area contributed by atoms with Crippen LogP contribution in [0.25, 0.3) is 20.8 Å². The Hall–Kier alpha value is -1.45. The molecule has 17 heavy (non-hydrogen) atoms. The fraction of sp³-hybridized carbons (Fsp3) is 0.0769. The molecule has 0 N–H and O–H groups in total. The van der Waals surface area contributed by atoms with E-state index in [0.717, 1.165) is 26.4 Å². The van der Waals surface area contributed by atoms with Gasteiger partial charge in [-0.25, -0.2) is 4.98 Å². The molecule has 0 atom stereocenters. The van der Waals surface area contributed by atoms with E-state index in [2.05, 4.69) is 22.1 Å². The summed E-state index contributed by atoms with van der Waals surface area (Å²) >= 11 is 7.45. The van der Waals surface area contributed by atoms with Crippen LogP contribution in [0.5, 0.6) is 0 Å². The molecular weight excluding hydrogens is 252 g/mol. The second-order valence-corrected chi connectivity index (χ2v) is 4.99. The molecule has 2 heterocycles. The summed E-state index contributed by atoms with van der Waals surface area (Å²) in [5.41, 5.74) is 3.20. The smallest absolute Gasteiger partial charge is 0.124 e. The van der Waals surface area contributed by atoms with Crippen molar-refractivity contribution in [2.75, 3.05) is 0 Å². The van der Waals surface area contributed by atoms with Crippen molar-refractivity contribution in [3.63, 3.8) is 0 Å². The molecule has 0 radical (unpaired) electrons. The second kappa shape index (κ2) is 4.43. The van der Waals surface area contributed by atoms with Crippen molar-refractivity contribution in [1.29, 1.82) is 0 Å². The van der Waals surface area contributed by atoms with E-state index in [4.69, 9.17) is 11.6 Å². The Morgan fingerprint density at radius 1 is 1.12 bits per heavy atom. The van der Waals surface area contributed by atoms with Gasteiger partial charge in [-0.3, -0.25) is 4.98 Å². The predicted molar refractivity (Wildman–Crippen MR) is 72.4 cm³/mol. The van der Waals surface area contributed by atoms with Crippen LogP contribution >= 0.6 is 22.9 Å². The first kappa shape index (κ1) is 10.7. The third kappa shape index (κ3) is 2.04. The quantitative estimate of drug-likeness (QED) is 0.649. The lowest BCUT2D eigenvalue weighted by atomic mass is 10.2. The number of thiazole rings is 1. The van der Waals surface area contributed by atoms with Gasteiger partial charge in [0.05, 0.1) is 10.9 Å². The largest absolute Gasteiger partial charge is 0.262 e. The van der Waals surface area contributed by atoms with Gasteiger partial charge in [0.25, 0.3) is 0 Å². The van der Waals surface area contributed by atoms with E-state index < -0.39 is 0 Å². The number of pyridine rings is 1. The van der Waals surface area contributed by atoms with Crippen LogP contribution in [0.15, 0.2) is 42.7 Å². The highest BCUT2D eigenvalue weighted by molar-refractivity contribution is 7.21. The molecular formula is C13H9ClN2S. The Labute approximate surface area is 108 Å². The minimum atomic E-state index is 0.546. The lowest BCUT2D eigenvalue weighted by Crippen LogP contribution is -1.79. The van der Waals surface area contributed by atoms with Gasteiger partial charge in [-0.1, -0.05) is 24.3 Å². The normalized spacial score (nSPS) is 10.9. The Morgan fingerprint density at radius 3 is 2.65 bits per heavy atom. The average molecular weight is 261 g/mol. The summed E-state index contributed by atoms with van der Waals surface area (Å²) in [6.07, 6.45) is 3.59. The van der Waals surface area contributed by atoms with E-state index in [1.54, 1.807) is 23.7 Å². The number of alkyl halides is 1. The van der Waals surface area contributed by atoms with Crippen LogP contribution in [0.4, 0.5) is 0 Å². The van der Waals surface area contributed by atoms with Gasteiger partial charge in [-0.05, 0) is 11.6 Å². The molecule has 0 aliphatic heterocycles. The van der Waals surface area contributed by atoms with Crippen LogP contribution in [0.1, 0.15) is 5.56 Å². The minimum absolute atomic E-state index is 0.546. The second-order valence-electron chi connectivity index (χ2n) is 3.69. The fourth-order valence-electron chi connectivity index (χ4n) is 1.64. The zero-order chi connectivity index (χ0) is 11.7. The molecule has 4 heteroatoms. The third-order valence-electron chi connectivity index (χ3n) is 2.55. The van der Waals surface area contributed by atoms with E-state index in [0.29, 0.717) is 5.88 Å². The van der Waals surface area contributed by atoms with E-state index in [1.807, 2.05) is 18.2 Å². The lowest BCUT2D eigenvalue weighted by molar-refractivity contribution is 1.34. The van der Waals surface area contributed by atoms with E-state index in [9.17, 15) is 0 Å². The molecule has 3 aromatic rings. The van der Waals surface area contributed by atoms with Crippen molar-refractivity contribution >= 4 is 33.2 Å². The van der Waals surface area contributed by atoms with Gasteiger partial charge in [-0.2, -0.15) is 0 Å². The van der Waals surface area contributed by atoms with Crippen molar-refractivity contribution in [1.82, 2.24) is 9.97 Å². The maximum atomic E-state index is 5.77. The zero-order valence-corrected chi connectivity index (χ0v) is 10.5. The first-order valence-corrected chi connectivity index (χ1v) is 6.58. The highest BCUT2D eigenvalue weighted by Crippen LogP contribution is 2.29. The Morgan fingerprint density at radius 2 is 1.94 bits per heavy atom. The van der Waals surface area contributed by atoms with E-state index >= 15 is 0 Å². The molecule has 0 aliphatic carbocycles. The number of fused-ring (bicyclic) bond motifs is 1. The van der Waals surface area contributed by atoms with Gasteiger partial charge < -0.3 is 0 Å². The van der Waals surface area contributed by atoms with Crippen LogP contribution < -0.4 is 0 Å². The first-order valence-electron chi connectivity index (χ1n) is 5.22. The minimum Gasteiger partial charge on any atom is -0.262 e. The van der Waals surface area contributed by atoms with Crippen LogP contribution in [0, 0.1) is 0 Å². The van der Waals surface area contributed by atoms with Gasteiger partial charge in [0.15, 0.2) is 0 Å². The summed E-state index contributed by atoms with van der Waals surface area (Å²) in [5, 5.41) is 1.02. The molecule has 1 aromatic carbocycles. The number of halogens is 1. The molecule has 0 amide bonds. The van der Waals surface area contributed by atoms with Crippen LogP contribution in [0.2, 0.25) is 0 Å². The van der Waals surface area contributed by atoms with E-state index in [1.165, 1.54) is 0 Å². The molecule has 84 valence electrons. The number of aromatic nitrogens is 2. The highest BCUT2D eigenvalue weighted by atomic mass is 35.5. The lowest BCUT2D eigenvalue weighted by Gasteiger charge is -1.97. The van der Waals surface area contributed by atoms with Gasteiger partial charge in [0.1, 0.15) is 10.5 Å². The number of nitrogens with zero attached hydrogens (tertiary/aromatic N) is 2. The molecule has 2 aromatic heterocycles. The van der Waals surface area contributed by atoms with Crippen molar-refractivity contribution in [2.24, 2.45) is 0 Å². The third-order valence-corrected chi connectivity index (χ3v) is 3.94. The highest BCUT2D eigenvalue weighted by Gasteiger charge is 2.05. The van der Waals surface area contributed by atoms with Crippen molar-refractivity contribution in [2.45, 2.75) is 5.88 Å². The summed E-state index contributed by atoms with van der Waals surface area (Å²) in [4.78, 5) is 8.64. The Bertz CT molecular complexity index is 613. The molecule has 0 saturated carbocycles. The number of benzene rings is 1. The van der Waals surface area contributed by atoms with Crippen molar-refractivity contribution in [3.8, 4) is 10.6 Å². The maximum Gasteiger partial charge on any atom is 0.124 e. The molecule has 0 bridgehead atoms. The SMILES string of the molecule is ClCc1ccc(-c2nc3cnccc3s2)cc1. The van der Waals surface area contributed by atoms with Gasteiger partial charge in [-0.15, -0.1) is 22.9 Å². The molecule has 0 fully saturated rings. The van der Waals surface area contributed by atoms with Crippen molar-refractivity contribution in [3.05, 3.63) is 48.3 Å². The standard InChI is InChI=1S/C13H9ClN2S/c14-7-9-1-3-10(4-2-9)13-16-11-8-15-6-5-12(11)17-13/h1-6,8H,7H2. The number of rotatable bonds is 2. The maximum absolute atomic E-state index is 5.77. The molecule has 0 aliphatic rings. The van der Waals surface area contributed by atoms with Crippen LogP contribution in [-0.2, 0) is 5.88 Å². The summed E-state index contributed by atoms with van der Waals surface area (Å²) in [5.74, 6) is 0.546. The summed E-state index contributed by atoms with van der Waals surface area (Å²) < 4.78 is 1.16. The van der Waals surface area contributed by atoms with Crippen LogP contribution in [-0.4, -0.2) is 9.97 Å². The van der Waals surface area contributed by atoms with Gasteiger partial charge >= 0.3 is 0 Å². The topological polar surface area (TPSA) is 25.8 Å².